The Kier molecular flexibility index (Phi) is 4.03. The summed E-state index contributed by atoms with van der Waals surface area (Å²) in [5.74, 6) is -0.752. The van der Waals surface area contributed by atoms with Gasteiger partial charge in [-0.1, -0.05) is 19.1 Å². The summed E-state index contributed by atoms with van der Waals surface area (Å²) in [6, 6.07) is 5.87. The van der Waals surface area contributed by atoms with Crippen molar-refractivity contribution >= 4 is 15.9 Å². The van der Waals surface area contributed by atoms with Crippen LogP contribution >= 0.6 is 0 Å². The monoisotopic (exact) mass is 242 g/mol. The zero-order valence-corrected chi connectivity index (χ0v) is 9.75. The SMILES string of the molecule is CCCNS(=O)(=O)c1ccccc1C(N)=O. The first-order valence-corrected chi connectivity index (χ1v) is 6.36. The van der Waals surface area contributed by atoms with E-state index in [1.807, 2.05) is 6.92 Å². The van der Waals surface area contributed by atoms with E-state index in [1.54, 1.807) is 12.1 Å². The Morgan fingerprint density at radius 1 is 1.38 bits per heavy atom. The van der Waals surface area contributed by atoms with Crippen molar-refractivity contribution in [2.24, 2.45) is 5.73 Å². The van der Waals surface area contributed by atoms with E-state index in [-0.39, 0.29) is 10.5 Å². The first-order chi connectivity index (χ1) is 7.49. The van der Waals surface area contributed by atoms with Gasteiger partial charge in [0.2, 0.25) is 15.9 Å². The molecule has 0 fully saturated rings. The predicted molar refractivity (Wildman–Crippen MR) is 60.4 cm³/mol. The van der Waals surface area contributed by atoms with Gasteiger partial charge < -0.3 is 5.73 Å². The summed E-state index contributed by atoms with van der Waals surface area (Å²) in [5, 5.41) is 0. The lowest BCUT2D eigenvalue weighted by atomic mass is 10.2. The predicted octanol–water partition coefficient (Wildman–Crippen LogP) is 0.474. The number of primary amides is 1. The van der Waals surface area contributed by atoms with Gasteiger partial charge in [0.05, 0.1) is 10.5 Å². The molecule has 0 bridgehead atoms. The van der Waals surface area contributed by atoms with Crippen molar-refractivity contribution in [3.63, 3.8) is 0 Å². The molecule has 1 aromatic carbocycles. The van der Waals surface area contributed by atoms with Crippen molar-refractivity contribution < 1.29 is 13.2 Å². The van der Waals surface area contributed by atoms with Crippen LogP contribution in [-0.4, -0.2) is 20.9 Å². The number of benzene rings is 1. The molecule has 0 saturated heterocycles. The lowest BCUT2D eigenvalue weighted by molar-refractivity contribution is 0.0997. The minimum Gasteiger partial charge on any atom is -0.366 e. The van der Waals surface area contributed by atoms with Gasteiger partial charge in [0.25, 0.3) is 0 Å². The molecule has 1 amide bonds. The van der Waals surface area contributed by atoms with Crippen LogP contribution in [-0.2, 0) is 10.0 Å². The van der Waals surface area contributed by atoms with Crippen molar-refractivity contribution in [3.8, 4) is 0 Å². The first-order valence-electron chi connectivity index (χ1n) is 4.87. The van der Waals surface area contributed by atoms with Crippen molar-refractivity contribution in [1.82, 2.24) is 4.72 Å². The number of hydrogen-bond donors (Lipinski definition) is 2. The fourth-order valence-corrected chi connectivity index (χ4v) is 2.56. The van der Waals surface area contributed by atoms with Gasteiger partial charge in [0, 0.05) is 6.54 Å². The molecule has 0 spiro atoms. The van der Waals surface area contributed by atoms with Gasteiger partial charge in [0.15, 0.2) is 0 Å². The molecule has 0 aliphatic carbocycles. The van der Waals surface area contributed by atoms with E-state index >= 15 is 0 Å². The average molecular weight is 242 g/mol. The molecule has 0 saturated carbocycles. The third kappa shape index (κ3) is 2.80. The fraction of sp³-hybridized carbons (Fsp3) is 0.300. The number of carbonyl (C=O) groups is 1. The molecule has 0 aromatic heterocycles. The smallest absolute Gasteiger partial charge is 0.250 e. The molecule has 16 heavy (non-hydrogen) atoms. The second-order valence-corrected chi connectivity index (χ2v) is 4.99. The van der Waals surface area contributed by atoms with E-state index in [1.165, 1.54) is 12.1 Å². The van der Waals surface area contributed by atoms with Crippen LogP contribution in [0.25, 0.3) is 0 Å². The van der Waals surface area contributed by atoms with Crippen molar-refractivity contribution in [2.75, 3.05) is 6.54 Å². The Morgan fingerprint density at radius 2 is 2.00 bits per heavy atom. The highest BCUT2D eigenvalue weighted by atomic mass is 32.2. The number of nitrogens with one attached hydrogen (secondary N) is 1. The average Bonchev–Trinajstić information content (AvgIpc) is 2.26. The second-order valence-electron chi connectivity index (χ2n) is 3.26. The van der Waals surface area contributed by atoms with Gasteiger partial charge in [-0.25, -0.2) is 13.1 Å². The number of hydrogen-bond acceptors (Lipinski definition) is 3. The van der Waals surface area contributed by atoms with E-state index < -0.39 is 15.9 Å². The topological polar surface area (TPSA) is 89.3 Å². The molecule has 1 aromatic rings. The Labute approximate surface area is 94.7 Å². The maximum atomic E-state index is 11.8. The number of nitrogens with two attached hydrogens (primary N) is 1. The summed E-state index contributed by atoms with van der Waals surface area (Å²) < 4.78 is 26.0. The molecular formula is C10H14N2O3S. The number of carbonyl (C=O) groups excluding carboxylic acids is 1. The molecule has 0 aliphatic heterocycles. The van der Waals surface area contributed by atoms with Crippen LogP contribution < -0.4 is 10.5 Å². The standard InChI is InChI=1S/C10H14N2O3S/c1-2-7-12-16(14,15)9-6-4-3-5-8(9)10(11)13/h3-6,12H,2,7H2,1H3,(H2,11,13). The number of sulfonamides is 1. The second kappa shape index (κ2) is 5.09. The summed E-state index contributed by atoms with van der Waals surface area (Å²) >= 11 is 0. The highest BCUT2D eigenvalue weighted by Gasteiger charge is 2.19. The summed E-state index contributed by atoms with van der Waals surface area (Å²) in [6.07, 6.45) is 0.679. The highest BCUT2D eigenvalue weighted by Crippen LogP contribution is 2.14. The highest BCUT2D eigenvalue weighted by molar-refractivity contribution is 7.89. The van der Waals surface area contributed by atoms with Gasteiger partial charge in [-0.15, -0.1) is 0 Å². The zero-order valence-electron chi connectivity index (χ0n) is 8.93. The van der Waals surface area contributed by atoms with Gasteiger partial charge >= 0.3 is 0 Å². The molecule has 0 atom stereocenters. The molecule has 5 nitrogen and oxygen atoms in total. The van der Waals surface area contributed by atoms with E-state index in [9.17, 15) is 13.2 Å². The van der Waals surface area contributed by atoms with Crippen LogP contribution in [0, 0.1) is 0 Å². The van der Waals surface area contributed by atoms with Crippen LogP contribution in [0.15, 0.2) is 29.2 Å². The first kappa shape index (κ1) is 12.7. The zero-order chi connectivity index (χ0) is 12.2. The Balaban J connectivity index is 3.17. The van der Waals surface area contributed by atoms with Gasteiger partial charge in [-0.05, 0) is 18.6 Å². The van der Waals surface area contributed by atoms with Gasteiger partial charge in [-0.2, -0.15) is 0 Å². The van der Waals surface area contributed by atoms with Gasteiger partial charge in [-0.3, -0.25) is 4.79 Å². The Morgan fingerprint density at radius 3 is 2.56 bits per heavy atom. The van der Waals surface area contributed by atoms with Crippen LogP contribution in [0.4, 0.5) is 0 Å². The Bertz CT molecular complexity index is 483. The normalized spacial score (nSPS) is 11.3. The third-order valence-corrected chi connectivity index (χ3v) is 3.50. The number of rotatable bonds is 5. The van der Waals surface area contributed by atoms with Crippen molar-refractivity contribution in [2.45, 2.75) is 18.2 Å². The van der Waals surface area contributed by atoms with Crippen LogP contribution in [0.5, 0.6) is 0 Å². The van der Waals surface area contributed by atoms with Crippen LogP contribution in [0.1, 0.15) is 23.7 Å². The van der Waals surface area contributed by atoms with Crippen molar-refractivity contribution in [1.29, 1.82) is 0 Å². The van der Waals surface area contributed by atoms with Gasteiger partial charge in [0.1, 0.15) is 0 Å². The molecular weight excluding hydrogens is 228 g/mol. The lowest BCUT2D eigenvalue weighted by Crippen LogP contribution is -2.27. The molecule has 1 rings (SSSR count). The summed E-state index contributed by atoms with van der Waals surface area (Å²) in [5.41, 5.74) is 5.11. The fourth-order valence-electron chi connectivity index (χ4n) is 1.22. The molecule has 0 radical (unpaired) electrons. The van der Waals surface area contributed by atoms with E-state index in [4.69, 9.17) is 5.73 Å². The van der Waals surface area contributed by atoms with Crippen LogP contribution in [0.2, 0.25) is 0 Å². The lowest BCUT2D eigenvalue weighted by Gasteiger charge is -2.08. The van der Waals surface area contributed by atoms with E-state index in [0.717, 1.165) is 0 Å². The molecule has 88 valence electrons. The molecule has 0 unspecified atom stereocenters. The summed E-state index contributed by atoms with van der Waals surface area (Å²) in [6.45, 7) is 2.18. The van der Waals surface area contributed by atoms with Crippen LogP contribution in [0.3, 0.4) is 0 Å². The summed E-state index contributed by atoms with van der Waals surface area (Å²) in [4.78, 5) is 11.0. The minimum absolute atomic E-state index is 0.00565. The molecule has 0 heterocycles. The Hall–Kier alpha value is -1.40. The summed E-state index contributed by atoms with van der Waals surface area (Å²) in [7, 11) is -3.65. The third-order valence-electron chi connectivity index (χ3n) is 1.98. The minimum atomic E-state index is -3.65. The van der Waals surface area contributed by atoms with Crippen molar-refractivity contribution in [3.05, 3.63) is 29.8 Å². The quantitative estimate of drug-likeness (QED) is 0.786. The molecule has 0 aliphatic rings. The van der Waals surface area contributed by atoms with E-state index in [0.29, 0.717) is 13.0 Å². The molecule has 3 N–H and O–H groups in total. The molecule has 6 heteroatoms. The largest absolute Gasteiger partial charge is 0.366 e. The number of amides is 1. The maximum Gasteiger partial charge on any atom is 0.250 e. The maximum absolute atomic E-state index is 11.8. The van der Waals surface area contributed by atoms with E-state index in [2.05, 4.69) is 4.72 Å².